The molecule has 2 aromatic carbocycles. The van der Waals surface area contributed by atoms with Crippen LogP contribution >= 0.6 is 24.0 Å². The fraction of sp³-hybridized carbons (Fsp3) is 0.286. The first-order chi connectivity index (χ1) is 12.8. The van der Waals surface area contributed by atoms with Crippen molar-refractivity contribution < 1.29 is 0 Å². The van der Waals surface area contributed by atoms with Gasteiger partial charge in [0.2, 0.25) is 0 Å². The Morgan fingerprint density at radius 3 is 2.63 bits per heavy atom. The monoisotopic (exact) mass is 402 g/mol. The average molecular weight is 403 g/mol. The van der Waals surface area contributed by atoms with Crippen molar-refractivity contribution in [2.75, 3.05) is 19.6 Å². The lowest BCUT2D eigenvalue weighted by atomic mass is 10.0. The topological polar surface area (TPSA) is 33.1 Å². The lowest BCUT2D eigenvalue weighted by Gasteiger charge is -2.36. The van der Waals surface area contributed by atoms with Gasteiger partial charge in [0.05, 0.1) is 6.54 Å². The largest absolute Gasteiger partial charge is 0.329 e. The second-order valence-electron chi connectivity index (χ2n) is 6.67. The fourth-order valence-corrected chi connectivity index (χ4v) is 3.85. The number of hydrogen-bond donors (Lipinski definition) is 1. The van der Waals surface area contributed by atoms with E-state index < -0.39 is 0 Å². The van der Waals surface area contributed by atoms with Crippen LogP contribution in [0.25, 0.3) is 0 Å². The summed E-state index contributed by atoms with van der Waals surface area (Å²) in [5, 5.41) is 4.33. The van der Waals surface area contributed by atoms with Crippen LogP contribution in [0.5, 0.6) is 0 Å². The quantitative estimate of drug-likeness (QED) is 0.695. The molecule has 1 fully saturated rings. The van der Waals surface area contributed by atoms with Crippen LogP contribution in [0.15, 0.2) is 67.0 Å². The Kier molecular flexibility index (Phi) is 6.91. The summed E-state index contributed by atoms with van der Waals surface area (Å²) < 4.78 is 2.24. The molecule has 1 atom stereocenters. The predicted molar refractivity (Wildman–Crippen MR) is 112 cm³/mol. The highest BCUT2D eigenvalue weighted by Gasteiger charge is 2.26. The van der Waals surface area contributed by atoms with Crippen molar-refractivity contribution in [2.24, 2.45) is 0 Å². The predicted octanol–water partition coefficient (Wildman–Crippen LogP) is 4.15. The molecule has 0 saturated carbocycles. The van der Waals surface area contributed by atoms with Crippen LogP contribution in [-0.4, -0.2) is 34.1 Å². The van der Waals surface area contributed by atoms with Crippen molar-refractivity contribution in [2.45, 2.75) is 19.1 Å². The molecule has 0 aliphatic carbocycles. The molecule has 27 heavy (non-hydrogen) atoms. The SMILES string of the molecule is Cl.Clc1ccccc1C1CNCCN1Cc1nccn1Cc1ccccc1. The summed E-state index contributed by atoms with van der Waals surface area (Å²) >= 11 is 6.47. The number of aromatic nitrogens is 2. The Morgan fingerprint density at radius 1 is 1.04 bits per heavy atom. The number of imidazole rings is 1. The normalized spacial score (nSPS) is 17.4. The zero-order valence-corrected chi connectivity index (χ0v) is 16.7. The molecule has 1 unspecified atom stereocenters. The van der Waals surface area contributed by atoms with Crippen molar-refractivity contribution in [3.63, 3.8) is 0 Å². The van der Waals surface area contributed by atoms with Gasteiger partial charge >= 0.3 is 0 Å². The van der Waals surface area contributed by atoms with Gasteiger partial charge in [0.15, 0.2) is 0 Å². The van der Waals surface area contributed by atoms with Crippen molar-refractivity contribution in [1.29, 1.82) is 0 Å². The molecule has 4 nitrogen and oxygen atoms in total. The van der Waals surface area contributed by atoms with E-state index in [0.29, 0.717) is 0 Å². The third-order valence-electron chi connectivity index (χ3n) is 4.96. The molecule has 1 aromatic heterocycles. The minimum Gasteiger partial charge on any atom is -0.329 e. The summed E-state index contributed by atoms with van der Waals surface area (Å²) in [5.74, 6) is 1.09. The molecule has 4 rings (SSSR count). The maximum Gasteiger partial charge on any atom is 0.123 e. The lowest BCUT2D eigenvalue weighted by Crippen LogP contribution is -2.46. The number of halogens is 2. The van der Waals surface area contributed by atoms with Gasteiger partial charge in [0.25, 0.3) is 0 Å². The maximum absolute atomic E-state index is 6.47. The van der Waals surface area contributed by atoms with Gasteiger partial charge in [-0.1, -0.05) is 60.1 Å². The summed E-state index contributed by atoms with van der Waals surface area (Å²) in [6.07, 6.45) is 3.96. The molecule has 1 saturated heterocycles. The van der Waals surface area contributed by atoms with Gasteiger partial charge in [-0.15, -0.1) is 12.4 Å². The van der Waals surface area contributed by atoms with E-state index in [1.165, 1.54) is 11.1 Å². The fourth-order valence-electron chi connectivity index (χ4n) is 3.59. The molecule has 1 N–H and O–H groups in total. The first kappa shape index (κ1) is 19.9. The van der Waals surface area contributed by atoms with Gasteiger partial charge in [-0.3, -0.25) is 4.90 Å². The third-order valence-corrected chi connectivity index (χ3v) is 5.30. The van der Waals surface area contributed by atoms with Gasteiger partial charge in [-0.25, -0.2) is 4.98 Å². The van der Waals surface area contributed by atoms with Crippen LogP contribution in [0.4, 0.5) is 0 Å². The highest BCUT2D eigenvalue weighted by molar-refractivity contribution is 6.31. The molecule has 1 aliphatic rings. The van der Waals surface area contributed by atoms with Crippen molar-refractivity contribution in [1.82, 2.24) is 19.8 Å². The summed E-state index contributed by atoms with van der Waals surface area (Å²) in [4.78, 5) is 7.10. The van der Waals surface area contributed by atoms with Gasteiger partial charge in [0.1, 0.15) is 5.82 Å². The lowest BCUT2D eigenvalue weighted by molar-refractivity contribution is 0.148. The number of nitrogens with one attached hydrogen (secondary N) is 1. The minimum absolute atomic E-state index is 0. The smallest absolute Gasteiger partial charge is 0.123 e. The van der Waals surface area contributed by atoms with E-state index in [2.05, 4.69) is 62.4 Å². The van der Waals surface area contributed by atoms with Gasteiger partial charge in [0, 0.05) is 49.6 Å². The van der Waals surface area contributed by atoms with Gasteiger partial charge in [-0.2, -0.15) is 0 Å². The van der Waals surface area contributed by atoms with Crippen LogP contribution in [0, 0.1) is 0 Å². The van der Waals surface area contributed by atoms with Crippen molar-refractivity contribution >= 4 is 24.0 Å². The second-order valence-corrected chi connectivity index (χ2v) is 7.08. The van der Waals surface area contributed by atoms with Crippen molar-refractivity contribution in [3.8, 4) is 0 Å². The zero-order valence-electron chi connectivity index (χ0n) is 15.1. The van der Waals surface area contributed by atoms with Crippen molar-refractivity contribution in [3.05, 3.63) is 89.0 Å². The summed E-state index contributed by atoms with van der Waals surface area (Å²) in [6, 6.07) is 18.9. The molecule has 6 heteroatoms. The summed E-state index contributed by atoms with van der Waals surface area (Å²) in [6.45, 7) is 4.54. The van der Waals surface area contributed by atoms with Crippen LogP contribution < -0.4 is 5.32 Å². The Hall–Kier alpha value is -1.85. The first-order valence-electron chi connectivity index (χ1n) is 9.04. The Morgan fingerprint density at radius 2 is 1.81 bits per heavy atom. The summed E-state index contributed by atoms with van der Waals surface area (Å²) in [5.41, 5.74) is 2.47. The molecule has 0 radical (unpaired) electrons. The second kappa shape index (κ2) is 9.38. The third kappa shape index (κ3) is 4.71. The Labute approximate surface area is 171 Å². The van der Waals surface area contributed by atoms with Gasteiger partial charge < -0.3 is 9.88 Å². The maximum atomic E-state index is 6.47. The molecule has 1 aliphatic heterocycles. The number of benzene rings is 2. The first-order valence-corrected chi connectivity index (χ1v) is 9.42. The molecule has 2 heterocycles. The molecule has 0 amide bonds. The van der Waals surface area contributed by atoms with Crippen LogP contribution in [0.1, 0.15) is 23.0 Å². The Balaban J connectivity index is 0.00000210. The highest BCUT2D eigenvalue weighted by atomic mass is 35.5. The standard InChI is InChI=1S/C21H23ClN4.ClH/c22-19-9-5-4-8-18(19)20-14-23-10-12-25(20)16-21-24-11-13-26(21)15-17-6-2-1-3-7-17;/h1-9,11,13,20,23H,10,12,14-16H2;1H. The zero-order chi connectivity index (χ0) is 17.8. The number of hydrogen-bond acceptors (Lipinski definition) is 3. The van der Waals surface area contributed by atoms with E-state index in [-0.39, 0.29) is 18.4 Å². The molecule has 0 bridgehead atoms. The molecule has 142 valence electrons. The van der Waals surface area contributed by atoms with E-state index in [0.717, 1.165) is 43.6 Å². The minimum atomic E-state index is 0. The number of piperazine rings is 1. The van der Waals surface area contributed by atoms with Crippen LogP contribution in [-0.2, 0) is 13.1 Å². The van der Waals surface area contributed by atoms with Gasteiger partial charge in [-0.05, 0) is 17.2 Å². The molecular weight excluding hydrogens is 379 g/mol. The summed E-state index contributed by atoms with van der Waals surface area (Å²) in [7, 11) is 0. The molecule has 0 spiro atoms. The highest BCUT2D eigenvalue weighted by Crippen LogP contribution is 2.29. The van der Waals surface area contributed by atoms with Crippen LogP contribution in [0.2, 0.25) is 5.02 Å². The van der Waals surface area contributed by atoms with E-state index >= 15 is 0 Å². The Bertz CT molecular complexity index is 850. The number of rotatable bonds is 5. The average Bonchev–Trinajstić information content (AvgIpc) is 3.10. The van der Waals surface area contributed by atoms with E-state index in [4.69, 9.17) is 11.6 Å². The number of nitrogens with zero attached hydrogens (tertiary/aromatic N) is 3. The van der Waals surface area contributed by atoms with E-state index in [1.807, 2.05) is 24.4 Å². The molecular formula is C21H24Cl2N4. The van der Waals surface area contributed by atoms with E-state index in [9.17, 15) is 0 Å². The van der Waals surface area contributed by atoms with E-state index in [1.54, 1.807) is 0 Å². The molecule has 3 aromatic rings. The van der Waals surface area contributed by atoms with Crippen LogP contribution in [0.3, 0.4) is 0 Å².